The molecule has 1 N–H and O–H groups in total. The molecule has 0 aromatic heterocycles. The van der Waals surface area contributed by atoms with Crippen LogP contribution in [0.3, 0.4) is 0 Å². The third kappa shape index (κ3) is 2.92. The van der Waals surface area contributed by atoms with Crippen molar-refractivity contribution in [2.75, 3.05) is 0 Å². The minimum Gasteiger partial charge on any atom is -0.456 e. The molecule has 0 saturated heterocycles. The fourth-order valence-electron chi connectivity index (χ4n) is 2.14. The summed E-state index contributed by atoms with van der Waals surface area (Å²) in [6.07, 6.45) is 0. The molecule has 0 saturated carbocycles. The molecule has 1 aromatic carbocycles. The Morgan fingerprint density at radius 2 is 1.91 bits per heavy atom. The third-order valence-electron chi connectivity index (χ3n) is 3.15. The fraction of sp³-hybridized carbons (Fsp3) is 0.267. The van der Waals surface area contributed by atoms with Crippen molar-refractivity contribution in [3.05, 3.63) is 47.0 Å². The van der Waals surface area contributed by atoms with E-state index >= 15 is 0 Å². The number of rotatable bonds is 3. The van der Waals surface area contributed by atoms with Crippen LogP contribution < -0.4 is 5.32 Å². The quantitative estimate of drug-likeness (QED) is 0.855. The minimum atomic E-state index is -1.98. The van der Waals surface area contributed by atoms with Gasteiger partial charge in [-0.3, -0.25) is 19.7 Å². The molecule has 0 fully saturated rings. The van der Waals surface area contributed by atoms with Gasteiger partial charge in [0.25, 0.3) is 5.78 Å². The number of halogens is 2. The van der Waals surface area contributed by atoms with Gasteiger partial charge in [0.1, 0.15) is 0 Å². The van der Waals surface area contributed by atoms with Crippen molar-refractivity contribution >= 4 is 17.7 Å². The number of hydrogen-bond acceptors (Lipinski definition) is 5. The lowest BCUT2D eigenvalue weighted by Crippen LogP contribution is -2.33. The van der Waals surface area contributed by atoms with Crippen LogP contribution >= 0.6 is 0 Å². The van der Waals surface area contributed by atoms with Crippen molar-refractivity contribution in [2.24, 2.45) is 0 Å². The smallest absolute Gasteiger partial charge is 0.308 e. The average Bonchev–Trinajstić information content (AvgIpc) is 2.66. The number of ketones is 1. The second kappa shape index (κ2) is 5.79. The molecule has 0 spiro atoms. The van der Waals surface area contributed by atoms with E-state index in [0.29, 0.717) is 0 Å². The normalized spacial score (nSPS) is 20.3. The molecule has 1 unspecified atom stereocenters. The Hall–Kier alpha value is -2.77. The molecule has 1 amide bonds. The lowest BCUT2D eigenvalue weighted by atomic mass is 9.91. The number of esters is 1. The van der Waals surface area contributed by atoms with Crippen LogP contribution in [0.25, 0.3) is 0 Å². The summed E-state index contributed by atoms with van der Waals surface area (Å²) >= 11 is 0. The van der Waals surface area contributed by atoms with Gasteiger partial charge in [-0.1, -0.05) is 12.1 Å². The molecule has 0 radical (unpaired) electrons. The third-order valence-corrected chi connectivity index (χ3v) is 3.15. The Balaban J connectivity index is 2.51. The number of nitrogens with one attached hydrogen (secondary N) is 1. The van der Waals surface area contributed by atoms with E-state index < -0.39 is 46.5 Å². The van der Waals surface area contributed by atoms with Crippen molar-refractivity contribution in [1.82, 2.24) is 5.32 Å². The second-order valence-electron chi connectivity index (χ2n) is 5.00. The molecule has 6 nitrogen and oxygen atoms in total. The molecule has 0 aliphatic carbocycles. The Morgan fingerprint density at radius 3 is 2.48 bits per heavy atom. The average molecular weight is 325 g/mol. The Kier molecular flexibility index (Phi) is 4.18. The molecule has 1 aromatic rings. The van der Waals surface area contributed by atoms with E-state index in [2.05, 4.69) is 5.32 Å². The first kappa shape index (κ1) is 16.6. The molecule has 1 heterocycles. The topological polar surface area (TPSA) is 81.7 Å². The summed E-state index contributed by atoms with van der Waals surface area (Å²) in [4.78, 5) is 34.8. The van der Waals surface area contributed by atoms with E-state index in [1.54, 1.807) is 0 Å². The summed E-state index contributed by atoms with van der Waals surface area (Å²) in [6, 6.07) is 3.26. The van der Waals surface area contributed by atoms with Crippen molar-refractivity contribution in [1.29, 1.82) is 0 Å². The lowest BCUT2D eigenvalue weighted by Gasteiger charge is -2.24. The van der Waals surface area contributed by atoms with Crippen molar-refractivity contribution in [3.8, 4) is 0 Å². The molecular formula is C15H13F2NO5. The standard InChI is InChI=1S/C15H13F2NO5/c1-7(19)18-14-12(22-8(2)20)13(21)15(3,23-14)9-5-4-6-10(16)11(9)17/h4-6H,1-3H3,(H,18,19). The predicted octanol–water partition coefficient (Wildman–Crippen LogP) is 1.65. The van der Waals surface area contributed by atoms with E-state index in [-0.39, 0.29) is 5.56 Å². The number of Topliss-reactive ketones (excluding diaryl/α,β-unsaturated/α-hetero) is 1. The molecule has 8 heteroatoms. The zero-order valence-corrected chi connectivity index (χ0v) is 12.5. The van der Waals surface area contributed by atoms with Gasteiger partial charge in [0, 0.05) is 19.4 Å². The van der Waals surface area contributed by atoms with E-state index in [4.69, 9.17) is 9.47 Å². The van der Waals surface area contributed by atoms with Gasteiger partial charge in [-0.25, -0.2) is 8.78 Å². The van der Waals surface area contributed by atoms with Crippen molar-refractivity contribution < 1.29 is 32.6 Å². The number of amides is 1. The number of hydrogen-bond donors (Lipinski definition) is 1. The van der Waals surface area contributed by atoms with Crippen molar-refractivity contribution in [3.63, 3.8) is 0 Å². The number of ether oxygens (including phenoxy) is 2. The molecule has 122 valence electrons. The molecule has 1 atom stereocenters. The lowest BCUT2D eigenvalue weighted by molar-refractivity contribution is -0.142. The van der Waals surface area contributed by atoms with Crippen LogP contribution in [0.5, 0.6) is 0 Å². The predicted molar refractivity (Wildman–Crippen MR) is 72.4 cm³/mol. The summed E-state index contributed by atoms with van der Waals surface area (Å²) < 4.78 is 37.5. The summed E-state index contributed by atoms with van der Waals surface area (Å²) in [5.41, 5.74) is -2.36. The molecule has 0 bridgehead atoms. The summed E-state index contributed by atoms with van der Waals surface area (Å²) in [6.45, 7) is 3.38. The van der Waals surface area contributed by atoms with Gasteiger partial charge in [-0.15, -0.1) is 0 Å². The van der Waals surface area contributed by atoms with Crippen LogP contribution in [0.4, 0.5) is 8.78 Å². The highest BCUT2D eigenvalue weighted by atomic mass is 19.2. The number of benzene rings is 1. The van der Waals surface area contributed by atoms with E-state index in [9.17, 15) is 23.2 Å². The SMILES string of the molecule is CC(=O)NC1=C(OC(C)=O)C(=O)C(C)(c2cccc(F)c2F)O1. The second-order valence-corrected chi connectivity index (χ2v) is 5.00. The minimum absolute atomic E-state index is 0.382. The van der Waals surface area contributed by atoms with Crippen LogP contribution in [-0.2, 0) is 29.5 Å². The first-order chi connectivity index (χ1) is 10.7. The Bertz CT molecular complexity index is 743. The van der Waals surface area contributed by atoms with Gasteiger partial charge >= 0.3 is 5.97 Å². The highest BCUT2D eigenvalue weighted by Gasteiger charge is 2.51. The van der Waals surface area contributed by atoms with Crippen LogP contribution in [0, 0.1) is 11.6 Å². The first-order valence-corrected chi connectivity index (χ1v) is 6.55. The van der Waals surface area contributed by atoms with Gasteiger partial charge in [-0.2, -0.15) is 0 Å². The van der Waals surface area contributed by atoms with Crippen molar-refractivity contribution in [2.45, 2.75) is 26.4 Å². The van der Waals surface area contributed by atoms with E-state index in [1.165, 1.54) is 19.1 Å². The fourth-order valence-corrected chi connectivity index (χ4v) is 2.14. The highest BCUT2D eigenvalue weighted by Crippen LogP contribution is 2.39. The van der Waals surface area contributed by atoms with Crippen LogP contribution in [-0.4, -0.2) is 17.7 Å². The largest absolute Gasteiger partial charge is 0.456 e. The molecule has 23 heavy (non-hydrogen) atoms. The summed E-state index contributed by atoms with van der Waals surface area (Å²) in [5.74, 6) is -5.77. The zero-order chi connectivity index (χ0) is 17.4. The monoisotopic (exact) mass is 325 g/mol. The highest BCUT2D eigenvalue weighted by molar-refractivity contribution is 6.04. The van der Waals surface area contributed by atoms with E-state index in [0.717, 1.165) is 19.9 Å². The van der Waals surface area contributed by atoms with Gasteiger partial charge < -0.3 is 9.47 Å². The first-order valence-electron chi connectivity index (χ1n) is 6.55. The van der Waals surface area contributed by atoms with Crippen LogP contribution in [0.1, 0.15) is 26.3 Å². The van der Waals surface area contributed by atoms with Crippen LogP contribution in [0.2, 0.25) is 0 Å². The van der Waals surface area contributed by atoms with E-state index in [1.807, 2.05) is 0 Å². The molecule has 2 rings (SSSR count). The Morgan fingerprint density at radius 1 is 1.26 bits per heavy atom. The van der Waals surface area contributed by atoms with Gasteiger partial charge in [0.2, 0.25) is 23.2 Å². The maximum absolute atomic E-state index is 14.0. The molecular weight excluding hydrogens is 312 g/mol. The van der Waals surface area contributed by atoms with Crippen LogP contribution in [0.15, 0.2) is 29.8 Å². The molecule has 1 aliphatic rings. The summed E-state index contributed by atoms with van der Waals surface area (Å²) in [5, 5.41) is 2.19. The molecule has 1 aliphatic heterocycles. The maximum Gasteiger partial charge on any atom is 0.308 e. The number of carbonyl (C=O) groups excluding carboxylic acids is 3. The van der Waals surface area contributed by atoms with Gasteiger partial charge in [0.05, 0.1) is 0 Å². The summed E-state index contributed by atoms with van der Waals surface area (Å²) in [7, 11) is 0. The van der Waals surface area contributed by atoms with Gasteiger partial charge in [-0.05, 0) is 13.0 Å². The Labute approximate surface area is 130 Å². The maximum atomic E-state index is 14.0. The zero-order valence-electron chi connectivity index (χ0n) is 12.5. The number of carbonyl (C=O) groups is 3. The van der Waals surface area contributed by atoms with Gasteiger partial charge in [0.15, 0.2) is 11.6 Å².